The van der Waals surface area contributed by atoms with Gasteiger partial charge in [-0.3, -0.25) is 0 Å². The Bertz CT molecular complexity index is 651. The highest BCUT2D eigenvalue weighted by atomic mass is 16.7. The van der Waals surface area contributed by atoms with Crippen molar-refractivity contribution in [3.05, 3.63) is 23.8 Å². The van der Waals surface area contributed by atoms with Crippen LogP contribution in [-0.4, -0.2) is 60.9 Å². The Morgan fingerprint density at radius 2 is 1.85 bits per heavy atom. The van der Waals surface area contributed by atoms with E-state index in [4.69, 9.17) is 18.9 Å². The monoisotopic (exact) mass is 478 g/mol. The molecule has 194 valence electrons. The van der Waals surface area contributed by atoms with E-state index in [9.17, 15) is 10.2 Å². The minimum Gasteiger partial charge on any atom is -0.393 e. The van der Waals surface area contributed by atoms with Gasteiger partial charge in [0.05, 0.1) is 24.9 Å². The third-order valence-electron chi connectivity index (χ3n) is 8.05. The van der Waals surface area contributed by atoms with E-state index in [0.717, 1.165) is 76.6 Å². The number of aliphatic hydroxyl groups excluding tert-OH is 2. The first-order valence-corrected chi connectivity index (χ1v) is 13.9. The molecule has 2 heterocycles. The molecule has 0 bridgehead atoms. The van der Waals surface area contributed by atoms with E-state index in [-0.39, 0.29) is 37.3 Å². The number of unbranched alkanes of at least 4 members (excludes halogenated alkanes) is 2. The maximum Gasteiger partial charge on any atom is 0.158 e. The summed E-state index contributed by atoms with van der Waals surface area (Å²) in [7, 11) is 0. The second kappa shape index (κ2) is 13.5. The van der Waals surface area contributed by atoms with Gasteiger partial charge in [-0.05, 0) is 75.2 Å². The van der Waals surface area contributed by atoms with Gasteiger partial charge in [0, 0.05) is 19.1 Å². The summed E-state index contributed by atoms with van der Waals surface area (Å²) in [6.45, 7) is 3.60. The van der Waals surface area contributed by atoms with Crippen molar-refractivity contribution >= 4 is 0 Å². The third-order valence-corrected chi connectivity index (χ3v) is 8.05. The summed E-state index contributed by atoms with van der Waals surface area (Å²) in [5.74, 6) is 1.02. The molecule has 0 radical (unpaired) electrons. The van der Waals surface area contributed by atoms with Crippen LogP contribution in [0, 0.1) is 17.8 Å². The highest BCUT2D eigenvalue weighted by molar-refractivity contribution is 5.23. The van der Waals surface area contributed by atoms with Crippen molar-refractivity contribution in [1.82, 2.24) is 0 Å². The summed E-state index contributed by atoms with van der Waals surface area (Å²) in [5, 5.41) is 19.7. The Morgan fingerprint density at radius 1 is 1.09 bits per heavy atom. The lowest BCUT2D eigenvalue weighted by Crippen LogP contribution is -2.31. The molecular weight excluding hydrogens is 432 g/mol. The molecule has 2 aliphatic carbocycles. The number of fused-ring (bicyclic) bond motifs is 1. The third kappa shape index (κ3) is 7.14. The lowest BCUT2D eigenvalue weighted by Gasteiger charge is -2.30. The molecule has 1 saturated carbocycles. The summed E-state index contributed by atoms with van der Waals surface area (Å²) >= 11 is 0. The van der Waals surface area contributed by atoms with E-state index >= 15 is 0 Å². The fourth-order valence-electron chi connectivity index (χ4n) is 6.12. The van der Waals surface area contributed by atoms with Gasteiger partial charge in [0.15, 0.2) is 12.6 Å². The van der Waals surface area contributed by atoms with Gasteiger partial charge in [0.1, 0.15) is 0 Å². The molecular formula is C28H46O6. The van der Waals surface area contributed by atoms with Gasteiger partial charge in [-0.2, -0.15) is 0 Å². The normalized spacial score (nSPS) is 35.9. The molecule has 4 rings (SSSR count). The van der Waals surface area contributed by atoms with E-state index in [1.165, 1.54) is 19.3 Å². The zero-order chi connectivity index (χ0) is 23.8. The van der Waals surface area contributed by atoms with Gasteiger partial charge >= 0.3 is 0 Å². The van der Waals surface area contributed by atoms with Crippen LogP contribution in [-0.2, 0) is 18.9 Å². The van der Waals surface area contributed by atoms with Crippen LogP contribution in [0.25, 0.3) is 0 Å². The number of hydrogen-bond donors (Lipinski definition) is 2. The van der Waals surface area contributed by atoms with Crippen molar-refractivity contribution in [2.24, 2.45) is 17.8 Å². The Hall–Kier alpha value is -0.760. The fourth-order valence-corrected chi connectivity index (χ4v) is 6.12. The minimum absolute atomic E-state index is 0.0529. The first-order valence-electron chi connectivity index (χ1n) is 13.9. The molecule has 6 nitrogen and oxygen atoms in total. The van der Waals surface area contributed by atoms with Crippen LogP contribution in [0.3, 0.4) is 0 Å². The van der Waals surface area contributed by atoms with Crippen LogP contribution >= 0.6 is 0 Å². The molecule has 0 aromatic rings. The average Bonchev–Trinajstić information content (AvgIpc) is 3.41. The van der Waals surface area contributed by atoms with Gasteiger partial charge in [0.25, 0.3) is 0 Å². The SMILES string of the molecule is CCCCC[C@@H](/C=C/[C@@H]1[C@H]2CC(C(O)CO)=C[C@H]2C[C@H]1OC1CCCCO1)OC1CCCCO1. The average molecular weight is 479 g/mol. The van der Waals surface area contributed by atoms with E-state index in [2.05, 4.69) is 25.2 Å². The quantitative estimate of drug-likeness (QED) is 0.307. The van der Waals surface area contributed by atoms with E-state index in [0.29, 0.717) is 11.8 Å². The van der Waals surface area contributed by atoms with Crippen molar-refractivity contribution in [3.63, 3.8) is 0 Å². The molecule has 6 heteroatoms. The lowest BCUT2D eigenvalue weighted by atomic mass is 9.88. The Kier molecular flexibility index (Phi) is 10.5. The first-order chi connectivity index (χ1) is 16.7. The summed E-state index contributed by atoms with van der Waals surface area (Å²) in [6.07, 6.45) is 18.8. The number of allylic oxidation sites excluding steroid dienone is 1. The van der Waals surface area contributed by atoms with Crippen molar-refractivity contribution in [2.75, 3.05) is 19.8 Å². The molecule has 0 aromatic carbocycles. The number of ether oxygens (including phenoxy) is 4. The summed E-state index contributed by atoms with van der Waals surface area (Å²) in [4.78, 5) is 0. The van der Waals surface area contributed by atoms with Crippen LogP contribution in [0.1, 0.15) is 84.0 Å². The standard InChI is InChI=1S/C28H46O6/c1-2-3-4-9-22(33-27-10-5-7-14-31-27)12-13-23-24-17-21(25(30)19-29)16-20(24)18-26(23)34-28-11-6-8-15-32-28/h12-13,16,20,22-30H,2-11,14-15,17-19H2,1H3/b13-12+/t20-,22-,23+,24-,25?,26+,27?,28?/m0/s1. The fraction of sp³-hybridized carbons (Fsp3) is 0.857. The van der Waals surface area contributed by atoms with Gasteiger partial charge in [-0.25, -0.2) is 0 Å². The summed E-state index contributed by atoms with van der Waals surface area (Å²) < 4.78 is 24.7. The van der Waals surface area contributed by atoms with Crippen LogP contribution in [0.4, 0.5) is 0 Å². The predicted molar refractivity (Wildman–Crippen MR) is 131 cm³/mol. The highest BCUT2D eigenvalue weighted by Gasteiger charge is 2.46. The van der Waals surface area contributed by atoms with E-state index in [1.54, 1.807) is 0 Å². The lowest BCUT2D eigenvalue weighted by molar-refractivity contribution is -0.193. The molecule has 34 heavy (non-hydrogen) atoms. The smallest absolute Gasteiger partial charge is 0.158 e. The second-order valence-corrected chi connectivity index (χ2v) is 10.6. The van der Waals surface area contributed by atoms with Crippen LogP contribution < -0.4 is 0 Å². The number of rotatable bonds is 12. The van der Waals surface area contributed by atoms with Gasteiger partial charge in [-0.1, -0.05) is 44.4 Å². The number of hydrogen-bond acceptors (Lipinski definition) is 6. The molecule has 0 amide bonds. The first kappa shape index (κ1) is 26.3. The Balaban J connectivity index is 1.45. The molecule has 2 saturated heterocycles. The van der Waals surface area contributed by atoms with Crippen LogP contribution in [0.15, 0.2) is 23.8 Å². The van der Waals surface area contributed by atoms with E-state index in [1.807, 2.05) is 0 Å². The molecule has 2 aliphatic heterocycles. The molecule has 4 aliphatic rings. The second-order valence-electron chi connectivity index (χ2n) is 10.6. The van der Waals surface area contributed by atoms with Crippen molar-refractivity contribution in [1.29, 1.82) is 0 Å². The summed E-state index contributed by atoms with van der Waals surface area (Å²) in [5.41, 5.74) is 0.981. The molecule has 0 spiro atoms. The maximum atomic E-state index is 10.2. The van der Waals surface area contributed by atoms with Crippen molar-refractivity contribution in [2.45, 2.75) is 115 Å². The highest BCUT2D eigenvalue weighted by Crippen LogP contribution is 2.49. The molecule has 3 unspecified atom stereocenters. The zero-order valence-electron chi connectivity index (χ0n) is 21.0. The zero-order valence-corrected chi connectivity index (χ0v) is 21.0. The van der Waals surface area contributed by atoms with Gasteiger partial charge in [0.2, 0.25) is 0 Å². The maximum absolute atomic E-state index is 10.2. The van der Waals surface area contributed by atoms with Crippen molar-refractivity contribution in [3.8, 4) is 0 Å². The summed E-state index contributed by atoms with van der Waals surface area (Å²) in [6, 6.07) is 0. The van der Waals surface area contributed by atoms with Crippen molar-refractivity contribution < 1.29 is 29.2 Å². The minimum atomic E-state index is -0.746. The Labute approximate surface area is 205 Å². The Morgan fingerprint density at radius 3 is 2.53 bits per heavy atom. The van der Waals surface area contributed by atoms with E-state index < -0.39 is 6.10 Å². The molecule has 3 fully saturated rings. The number of aliphatic hydroxyl groups is 2. The molecule has 0 aromatic heterocycles. The van der Waals surface area contributed by atoms with Gasteiger partial charge < -0.3 is 29.2 Å². The van der Waals surface area contributed by atoms with Crippen LogP contribution in [0.2, 0.25) is 0 Å². The largest absolute Gasteiger partial charge is 0.393 e. The molecule has 2 N–H and O–H groups in total. The van der Waals surface area contributed by atoms with Crippen LogP contribution in [0.5, 0.6) is 0 Å². The molecule has 8 atom stereocenters. The predicted octanol–water partition coefficient (Wildman–Crippen LogP) is 4.88. The van der Waals surface area contributed by atoms with Gasteiger partial charge in [-0.15, -0.1) is 0 Å². The topological polar surface area (TPSA) is 77.4 Å².